The van der Waals surface area contributed by atoms with Crippen LogP contribution in [0.2, 0.25) is 0 Å². The van der Waals surface area contributed by atoms with Gasteiger partial charge in [-0.1, -0.05) is 6.92 Å². The fourth-order valence-corrected chi connectivity index (χ4v) is 9.19. The van der Waals surface area contributed by atoms with E-state index in [1.54, 1.807) is 6.07 Å². The largest absolute Gasteiger partial charge is 0.461 e. The Morgan fingerprint density at radius 3 is 2.68 bits per heavy atom. The van der Waals surface area contributed by atoms with Gasteiger partial charge in [0, 0.05) is 73.3 Å². The van der Waals surface area contributed by atoms with Crippen molar-refractivity contribution < 1.29 is 17.9 Å². The van der Waals surface area contributed by atoms with Crippen LogP contribution in [0.1, 0.15) is 68.9 Å². The zero-order valence-electron chi connectivity index (χ0n) is 27.0. The second kappa shape index (κ2) is 10.9. The van der Waals surface area contributed by atoms with Crippen molar-refractivity contribution in [2.75, 3.05) is 55.8 Å². The third-order valence-electron chi connectivity index (χ3n) is 11.4. The molecule has 4 aromatic rings. The molecule has 3 aromatic heterocycles. The Kier molecular flexibility index (Phi) is 6.80. The number of halogens is 2. The summed E-state index contributed by atoms with van der Waals surface area (Å²) in [5.74, 6) is 1.55. The Labute approximate surface area is 272 Å². The lowest BCUT2D eigenvalue weighted by Gasteiger charge is -2.37. The Morgan fingerprint density at radius 1 is 1.13 bits per heavy atom. The Bertz CT molecular complexity index is 1880. The molecule has 4 saturated heterocycles. The number of nitrogens with zero attached hydrogens (tertiary/aromatic N) is 5. The number of furan rings is 1. The molecule has 0 spiro atoms. The number of hydrogen-bond donors (Lipinski definition) is 3. The van der Waals surface area contributed by atoms with E-state index in [9.17, 15) is 4.39 Å². The fraction of sp³-hybridized carbons (Fsp3) is 0.571. The molecule has 0 radical (unpaired) electrons. The number of anilines is 3. The number of benzene rings is 1. The summed E-state index contributed by atoms with van der Waals surface area (Å²) in [5, 5.41) is 7.75. The van der Waals surface area contributed by atoms with Crippen LogP contribution in [0.5, 0.6) is 6.01 Å². The first-order valence-electron chi connectivity index (χ1n) is 17.3. The van der Waals surface area contributed by atoms with Gasteiger partial charge < -0.3 is 30.4 Å². The van der Waals surface area contributed by atoms with E-state index in [1.807, 2.05) is 14.0 Å². The average Bonchev–Trinajstić information content (AvgIpc) is 3.56. The number of aryl methyl sites for hydroxylation is 1. The van der Waals surface area contributed by atoms with Crippen molar-refractivity contribution in [3.63, 3.8) is 0 Å². The molecule has 1 aromatic carbocycles. The van der Waals surface area contributed by atoms with E-state index in [1.165, 1.54) is 6.07 Å². The number of piperazine rings is 1. The molecule has 2 bridgehead atoms. The number of pyridine rings is 1. The van der Waals surface area contributed by atoms with Gasteiger partial charge in [0.15, 0.2) is 11.7 Å². The second-order valence-electron chi connectivity index (χ2n) is 14.2. The van der Waals surface area contributed by atoms with Crippen LogP contribution < -0.4 is 26.0 Å². The molecule has 47 heavy (non-hydrogen) atoms. The van der Waals surface area contributed by atoms with Gasteiger partial charge in [-0.3, -0.25) is 4.90 Å². The monoisotopic (exact) mass is 644 g/mol. The van der Waals surface area contributed by atoms with Crippen LogP contribution in [0.15, 0.2) is 16.5 Å². The van der Waals surface area contributed by atoms with Crippen LogP contribution in [0.25, 0.3) is 33.1 Å². The first-order chi connectivity index (χ1) is 22.9. The van der Waals surface area contributed by atoms with E-state index in [2.05, 4.69) is 20.4 Å². The van der Waals surface area contributed by atoms with Gasteiger partial charge >= 0.3 is 6.01 Å². The molecular weight excluding hydrogens is 602 g/mol. The maximum Gasteiger partial charge on any atom is 0.319 e. The summed E-state index contributed by atoms with van der Waals surface area (Å²) in [7, 11) is 1.86. The number of alkyl halides is 1. The highest BCUT2D eigenvalue weighted by molar-refractivity contribution is 6.06. The summed E-state index contributed by atoms with van der Waals surface area (Å²) in [6.07, 6.45) is 6.35. The maximum absolute atomic E-state index is 15.3. The highest BCUT2D eigenvalue weighted by Gasteiger charge is 2.49. The zero-order valence-corrected chi connectivity index (χ0v) is 27.0. The minimum absolute atomic E-state index is 0.219. The Morgan fingerprint density at radius 2 is 1.94 bits per heavy atom. The van der Waals surface area contributed by atoms with E-state index in [4.69, 9.17) is 29.8 Å². The minimum Gasteiger partial charge on any atom is -0.461 e. The van der Waals surface area contributed by atoms with Gasteiger partial charge in [-0.2, -0.15) is 9.97 Å². The van der Waals surface area contributed by atoms with Gasteiger partial charge in [0.25, 0.3) is 0 Å². The number of aromatic nitrogens is 3. The minimum atomic E-state index is -0.843. The molecule has 2 unspecified atom stereocenters. The molecule has 10 nitrogen and oxygen atoms in total. The molecule has 248 valence electrons. The molecule has 7 heterocycles. The smallest absolute Gasteiger partial charge is 0.319 e. The summed E-state index contributed by atoms with van der Waals surface area (Å²) < 4.78 is 42.4. The number of nitrogens with one attached hydrogen (secondary N) is 2. The van der Waals surface area contributed by atoms with E-state index >= 15 is 4.39 Å². The van der Waals surface area contributed by atoms with Gasteiger partial charge in [-0.25, -0.2) is 13.8 Å². The van der Waals surface area contributed by atoms with E-state index in [0.717, 1.165) is 97.1 Å². The number of hydrogen-bond acceptors (Lipinski definition) is 10. The van der Waals surface area contributed by atoms with Crippen molar-refractivity contribution in [3.05, 3.63) is 29.1 Å². The van der Waals surface area contributed by atoms with Crippen LogP contribution in [0.3, 0.4) is 0 Å². The predicted octanol–water partition coefficient (Wildman–Crippen LogP) is 5.54. The van der Waals surface area contributed by atoms with E-state index in [0.29, 0.717) is 66.9 Å². The lowest BCUT2D eigenvalue weighted by molar-refractivity contribution is 0.107. The van der Waals surface area contributed by atoms with Crippen LogP contribution in [0, 0.1) is 5.82 Å². The van der Waals surface area contributed by atoms with Gasteiger partial charge in [0.2, 0.25) is 0 Å². The normalized spacial score (nSPS) is 27.3. The lowest BCUT2D eigenvalue weighted by Crippen LogP contribution is -2.52. The molecule has 1 saturated carbocycles. The first-order valence-corrected chi connectivity index (χ1v) is 17.3. The summed E-state index contributed by atoms with van der Waals surface area (Å²) in [6.45, 7) is 5.48. The van der Waals surface area contributed by atoms with Crippen molar-refractivity contribution >= 4 is 39.5 Å². The molecular formula is C35H42F2N8O2. The highest BCUT2D eigenvalue weighted by atomic mass is 19.1. The number of fused-ring (bicyclic) bond motifs is 5. The fourth-order valence-electron chi connectivity index (χ4n) is 9.19. The zero-order chi connectivity index (χ0) is 32.0. The predicted molar refractivity (Wildman–Crippen MR) is 179 cm³/mol. The molecule has 12 heteroatoms. The van der Waals surface area contributed by atoms with E-state index < -0.39 is 12.0 Å². The van der Waals surface area contributed by atoms with Crippen molar-refractivity contribution in [2.45, 2.75) is 88.0 Å². The third-order valence-corrected chi connectivity index (χ3v) is 11.4. The van der Waals surface area contributed by atoms with Crippen LogP contribution in [0.4, 0.5) is 26.3 Å². The topological polar surface area (TPSA) is 118 Å². The van der Waals surface area contributed by atoms with Crippen LogP contribution >= 0.6 is 0 Å². The van der Waals surface area contributed by atoms with Gasteiger partial charge in [0.05, 0.1) is 5.54 Å². The van der Waals surface area contributed by atoms with E-state index in [-0.39, 0.29) is 11.5 Å². The van der Waals surface area contributed by atoms with Crippen LogP contribution in [-0.4, -0.2) is 83.5 Å². The number of nitrogen functional groups attached to an aromatic ring is 1. The SMILES string of the molecule is CCc1c(N)oc2cc(F)cc(-c3c(NC)nc4c(N5C6CCC5CNC6)nc(OC[C@@]56CCCN5C[C@H](F)C6)nc4c3C3CC3)c12. The van der Waals surface area contributed by atoms with Crippen molar-refractivity contribution in [3.8, 4) is 17.1 Å². The molecule has 4 aliphatic heterocycles. The molecule has 0 amide bonds. The van der Waals surface area contributed by atoms with Gasteiger partial charge in [-0.05, 0) is 69.0 Å². The quantitative estimate of drug-likeness (QED) is 0.226. The molecule has 5 fully saturated rings. The van der Waals surface area contributed by atoms with Crippen molar-refractivity contribution in [1.82, 2.24) is 25.2 Å². The molecule has 1 aliphatic carbocycles. The molecule has 4 N–H and O–H groups in total. The standard InChI is InChI=1S/C35H42F2N8O2/c1-3-23-27-24(11-19(36)12-25(27)47-31(23)38)28-26(18-5-6-18)29-30(41-32(28)39-2)33(45-21-7-8-22(45)15-40-14-21)43-34(42-29)46-17-35-9-4-10-44(35)16-20(37)13-35/h11-12,18,20-22,40H,3-10,13-17,38H2,1-2H3,(H,39,41)/t20-,21?,22?,35+/m1/s1. The summed E-state index contributed by atoms with van der Waals surface area (Å²) in [6, 6.07) is 3.86. The summed E-state index contributed by atoms with van der Waals surface area (Å²) >= 11 is 0. The lowest BCUT2D eigenvalue weighted by atomic mass is 9.91. The Hall–Kier alpha value is -3.77. The first kappa shape index (κ1) is 29.4. The van der Waals surface area contributed by atoms with Crippen LogP contribution in [-0.2, 0) is 6.42 Å². The number of nitrogens with two attached hydrogens (primary N) is 1. The van der Waals surface area contributed by atoms with Gasteiger partial charge in [0.1, 0.15) is 41.0 Å². The average molecular weight is 645 g/mol. The molecule has 5 aliphatic rings. The summed E-state index contributed by atoms with van der Waals surface area (Å²) in [4.78, 5) is 20.2. The highest BCUT2D eigenvalue weighted by Crippen LogP contribution is 2.52. The summed E-state index contributed by atoms with van der Waals surface area (Å²) in [5.41, 5.74) is 11.3. The number of rotatable bonds is 8. The Balaban J connectivity index is 1.28. The third kappa shape index (κ3) is 4.57. The van der Waals surface area contributed by atoms with Crippen molar-refractivity contribution in [2.24, 2.45) is 0 Å². The maximum atomic E-state index is 15.3. The van der Waals surface area contributed by atoms with Crippen molar-refractivity contribution in [1.29, 1.82) is 0 Å². The molecule has 9 rings (SSSR count). The van der Waals surface area contributed by atoms with Gasteiger partial charge in [-0.15, -0.1) is 0 Å². The molecule has 4 atom stereocenters. The second-order valence-corrected chi connectivity index (χ2v) is 14.2. The number of ether oxygens (including phenoxy) is 1.